The maximum atomic E-state index is 9.62. The van der Waals surface area contributed by atoms with Crippen LogP contribution in [0.25, 0.3) is 0 Å². The molecule has 0 aromatic carbocycles. The number of aliphatic hydroxyl groups is 1. The zero-order valence-electron chi connectivity index (χ0n) is 8.58. The van der Waals surface area contributed by atoms with Crippen LogP contribution >= 0.6 is 0 Å². The van der Waals surface area contributed by atoms with E-state index in [1.165, 1.54) is 13.0 Å². The summed E-state index contributed by atoms with van der Waals surface area (Å²) in [6.45, 7) is 8.23. The van der Waals surface area contributed by atoms with Crippen molar-refractivity contribution in [2.24, 2.45) is 5.92 Å². The van der Waals surface area contributed by atoms with Crippen LogP contribution in [0.15, 0.2) is 0 Å². The van der Waals surface area contributed by atoms with Crippen molar-refractivity contribution in [3.63, 3.8) is 0 Å². The molecule has 13 heavy (non-hydrogen) atoms. The minimum Gasteiger partial charge on any atom is -0.388 e. The molecule has 0 aromatic rings. The van der Waals surface area contributed by atoms with Crippen LogP contribution in [0.2, 0.25) is 0 Å². The highest BCUT2D eigenvalue weighted by Gasteiger charge is 2.41. The quantitative estimate of drug-likeness (QED) is 0.636. The summed E-state index contributed by atoms with van der Waals surface area (Å²) in [5.74, 6) is 0.788. The Kier molecular flexibility index (Phi) is 2.34. The van der Waals surface area contributed by atoms with E-state index in [0.717, 1.165) is 25.6 Å². The van der Waals surface area contributed by atoms with E-state index < -0.39 is 5.60 Å². The van der Waals surface area contributed by atoms with Crippen LogP contribution in [0.3, 0.4) is 0 Å². The smallest absolute Gasteiger partial charge is 0.0872 e. The Bertz CT molecular complexity index is 179. The first-order chi connectivity index (χ1) is 6.08. The summed E-state index contributed by atoms with van der Waals surface area (Å²) in [5, 5.41) is 13.0. The van der Waals surface area contributed by atoms with E-state index in [4.69, 9.17) is 0 Å². The molecule has 2 aliphatic rings. The van der Waals surface area contributed by atoms with Crippen LogP contribution in [0.1, 0.15) is 20.3 Å². The molecule has 3 nitrogen and oxygen atoms in total. The molecule has 2 N–H and O–H groups in total. The predicted octanol–water partition coefficient (Wildman–Crippen LogP) is 0.0510. The summed E-state index contributed by atoms with van der Waals surface area (Å²) in [7, 11) is 0. The lowest BCUT2D eigenvalue weighted by molar-refractivity contribution is -0.107. The molecule has 0 saturated carbocycles. The Morgan fingerprint density at radius 3 is 2.69 bits per heavy atom. The lowest BCUT2D eigenvalue weighted by Gasteiger charge is -2.49. The third-order valence-electron chi connectivity index (χ3n) is 3.44. The van der Waals surface area contributed by atoms with E-state index in [9.17, 15) is 5.11 Å². The van der Waals surface area contributed by atoms with Gasteiger partial charge in [-0.1, -0.05) is 0 Å². The normalized spacial score (nSPS) is 35.8. The van der Waals surface area contributed by atoms with Crippen LogP contribution in [-0.4, -0.2) is 47.8 Å². The molecule has 2 fully saturated rings. The fourth-order valence-corrected chi connectivity index (χ4v) is 2.50. The first-order valence-electron chi connectivity index (χ1n) is 5.26. The van der Waals surface area contributed by atoms with Gasteiger partial charge in [0.2, 0.25) is 0 Å². The van der Waals surface area contributed by atoms with Gasteiger partial charge in [0, 0.05) is 19.1 Å². The number of nitrogens with one attached hydrogen (secondary N) is 1. The minimum atomic E-state index is -0.416. The van der Waals surface area contributed by atoms with Gasteiger partial charge in [-0.05, 0) is 39.3 Å². The topological polar surface area (TPSA) is 35.5 Å². The third kappa shape index (κ3) is 1.87. The van der Waals surface area contributed by atoms with Gasteiger partial charge in [0.25, 0.3) is 0 Å². The van der Waals surface area contributed by atoms with Crippen LogP contribution in [-0.2, 0) is 0 Å². The fraction of sp³-hybridized carbons (Fsp3) is 1.00. The molecule has 2 rings (SSSR count). The van der Waals surface area contributed by atoms with E-state index in [2.05, 4.69) is 17.1 Å². The van der Waals surface area contributed by atoms with Gasteiger partial charge in [-0.2, -0.15) is 0 Å². The van der Waals surface area contributed by atoms with Crippen LogP contribution in [0.4, 0.5) is 0 Å². The molecule has 2 aliphatic heterocycles. The number of likely N-dealkylation sites (tertiary alicyclic amines) is 1. The molecular weight excluding hydrogens is 164 g/mol. The van der Waals surface area contributed by atoms with Crippen LogP contribution in [0.5, 0.6) is 0 Å². The molecule has 2 heterocycles. The second-order valence-corrected chi connectivity index (χ2v) is 4.90. The highest BCUT2D eigenvalue weighted by molar-refractivity contribution is 4.96. The molecule has 76 valence electrons. The molecule has 3 heteroatoms. The maximum Gasteiger partial charge on any atom is 0.0872 e. The zero-order chi connectivity index (χ0) is 9.47. The van der Waals surface area contributed by atoms with E-state index in [-0.39, 0.29) is 0 Å². The Labute approximate surface area is 80.1 Å². The Morgan fingerprint density at radius 2 is 2.23 bits per heavy atom. The molecule has 2 atom stereocenters. The van der Waals surface area contributed by atoms with Crippen molar-refractivity contribution >= 4 is 0 Å². The SMILES string of the molecule is CC(C1CCNC1)N1CC(C)(O)C1. The number of rotatable bonds is 2. The van der Waals surface area contributed by atoms with Gasteiger partial charge >= 0.3 is 0 Å². The minimum absolute atomic E-state index is 0.416. The largest absolute Gasteiger partial charge is 0.388 e. The number of nitrogens with zero attached hydrogens (tertiary/aromatic N) is 1. The Hall–Kier alpha value is -0.120. The molecule has 2 unspecified atom stereocenters. The molecule has 0 aliphatic carbocycles. The van der Waals surface area contributed by atoms with Crippen molar-refractivity contribution in [2.75, 3.05) is 26.2 Å². The van der Waals surface area contributed by atoms with Crippen molar-refractivity contribution < 1.29 is 5.11 Å². The molecule has 2 saturated heterocycles. The van der Waals surface area contributed by atoms with Gasteiger partial charge in [-0.15, -0.1) is 0 Å². The Balaban J connectivity index is 1.81. The summed E-state index contributed by atoms with van der Waals surface area (Å²) in [6, 6.07) is 0.634. The van der Waals surface area contributed by atoms with E-state index >= 15 is 0 Å². The summed E-state index contributed by atoms with van der Waals surface area (Å²) in [4.78, 5) is 2.39. The van der Waals surface area contributed by atoms with E-state index in [0.29, 0.717) is 6.04 Å². The highest BCUT2D eigenvalue weighted by atomic mass is 16.3. The summed E-state index contributed by atoms with van der Waals surface area (Å²) in [5.41, 5.74) is -0.416. The first-order valence-corrected chi connectivity index (χ1v) is 5.26. The average Bonchev–Trinajstić information content (AvgIpc) is 2.50. The number of hydrogen-bond donors (Lipinski definition) is 2. The standard InChI is InChI=1S/C10H20N2O/c1-8(9-3-4-11-5-9)12-6-10(2,13)7-12/h8-9,11,13H,3-7H2,1-2H3. The van der Waals surface area contributed by atoms with Crippen LogP contribution in [0, 0.1) is 5.92 Å². The number of β-amino-alcohol motifs (C(OH)–C–C–N with tert-alkyl or cyclic N) is 1. The highest BCUT2D eigenvalue weighted by Crippen LogP contribution is 2.27. The third-order valence-corrected chi connectivity index (χ3v) is 3.44. The van der Waals surface area contributed by atoms with Crippen LogP contribution < -0.4 is 5.32 Å². The maximum absolute atomic E-state index is 9.62. The summed E-state index contributed by atoms with van der Waals surface area (Å²) >= 11 is 0. The molecule has 0 radical (unpaired) electrons. The molecule has 0 amide bonds. The summed E-state index contributed by atoms with van der Waals surface area (Å²) < 4.78 is 0. The van der Waals surface area contributed by atoms with Gasteiger partial charge in [-0.25, -0.2) is 0 Å². The van der Waals surface area contributed by atoms with Gasteiger partial charge < -0.3 is 10.4 Å². The molecular formula is C10H20N2O. The van der Waals surface area contributed by atoms with Crippen molar-refractivity contribution in [1.29, 1.82) is 0 Å². The van der Waals surface area contributed by atoms with Gasteiger partial charge in [0.1, 0.15) is 0 Å². The summed E-state index contributed by atoms with van der Waals surface area (Å²) in [6.07, 6.45) is 1.29. The molecule has 0 bridgehead atoms. The first kappa shape index (κ1) is 9.44. The zero-order valence-corrected chi connectivity index (χ0v) is 8.58. The van der Waals surface area contributed by atoms with Gasteiger partial charge in [-0.3, -0.25) is 4.90 Å². The van der Waals surface area contributed by atoms with Gasteiger partial charge in [0.15, 0.2) is 0 Å². The lowest BCUT2D eigenvalue weighted by atomic mass is 9.90. The lowest BCUT2D eigenvalue weighted by Crippen LogP contribution is -2.63. The second-order valence-electron chi connectivity index (χ2n) is 4.90. The van der Waals surface area contributed by atoms with E-state index in [1.807, 2.05) is 6.92 Å². The van der Waals surface area contributed by atoms with Crippen molar-refractivity contribution in [3.05, 3.63) is 0 Å². The average molecular weight is 184 g/mol. The van der Waals surface area contributed by atoms with E-state index in [1.54, 1.807) is 0 Å². The van der Waals surface area contributed by atoms with Crippen molar-refractivity contribution in [1.82, 2.24) is 10.2 Å². The number of hydrogen-bond acceptors (Lipinski definition) is 3. The monoisotopic (exact) mass is 184 g/mol. The van der Waals surface area contributed by atoms with Crippen molar-refractivity contribution in [2.45, 2.75) is 31.9 Å². The fourth-order valence-electron chi connectivity index (χ4n) is 2.50. The molecule has 0 spiro atoms. The van der Waals surface area contributed by atoms with Gasteiger partial charge in [0.05, 0.1) is 5.60 Å². The predicted molar refractivity (Wildman–Crippen MR) is 52.6 cm³/mol. The Morgan fingerprint density at radius 1 is 1.54 bits per heavy atom. The second kappa shape index (κ2) is 3.23. The molecule has 0 aromatic heterocycles. The van der Waals surface area contributed by atoms with Crippen molar-refractivity contribution in [3.8, 4) is 0 Å².